The van der Waals surface area contributed by atoms with Gasteiger partial charge >= 0.3 is 0 Å². The van der Waals surface area contributed by atoms with Crippen LogP contribution in [0, 0.1) is 5.41 Å². The third-order valence-corrected chi connectivity index (χ3v) is 3.39. The van der Waals surface area contributed by atoms with Crippen LogP contribution in [-0.4, -0.2) is 23.9 Å². The predicted molar refractivity (Wildman–Crippen MR) is 79.5 cm³/mol. The molecule has 0 saturated carbocycles. The maximum absolute atomic E-state index is 9.49. The molecule has 3 N–H and O–H groups in total. The first-order valence-electron chi connectivity index (χ1n) is 6.88. The molecule has 0 aliphatic rings. The van der Waals surface area contributed by atoms with Gasteiger partial charge < -0.3 is 15.6 Å². The van der Waals surface area contributed by atoms with Crippen LogP contribution in [0.25, 0.3) is 0 Å². The van der Waals surface area contributed by atoms with Crippen LogP contribution in [0.5, 0.6) is 5.75 Å². The minimum atomic E-state index is -0.387. The minimum Gasteiger partial charge on any atom is -0.486 e. The zero-order valence-electron chi connectivity index (χ0n) is 12.7. The monoisotopic (exact) mass is 265 g/mol. The Balaban J connectivity index is 2.84. The first-order valence-corrected chi connectivity index (χ1v) is 6.88. The fourth-order valence-electron chi connectivity index (χ4n) is 1.90. The van der Waals surface area contributed by atoms with Crippen molar-refractivity contribution in [2.75, 3.05) is 6.61 Å². The van der Waals surface area contributed by atoms with Crippen LogP contribution in [0.15, 0.2) is 24.3 Å². The van der Waals surface area contributed by atoms with Gasteiger partial charge in [-0.2, -0.15) is 0 Å². The molecule has 0 aliphatic heterocycles. The van der Waals surface area contributed by atoms with E-state index in [0.29, 0.717) is 5.92 Å². The number of rotatable bonds is 5. The number of aliphatic hydroxyl groups excluding tert-OH is 1. The number of hydrogen-bond acceptors (Lipinski definition) is 3. The molecule has 0 fully saturated rings. The number of ether oxygens (including phenoxy) is 1. The largest absolute Gasteiger partial charge is 0.486 e. The lowest BCUT2D eigenvalue weighted by Gasteiger charge is -2.33. The molecule has 0 bridgehead atoms. The topological polar surface area (TPSA) is 55.5 Å². The number of nitrogens with two attached hydrogens (primary N) is 1. The Bertz CT molecular complexity index is 396. The van der Waals surface area contributed by atoms with Crippen molar-refractivity contribution in [2.24, 2.45) is 11.1 Å². The van der Waals surface area contributed by atoms with Crippen molar-refractivity contribution in [1.29, 1.82) is 0 Å². The van der Waals surface area contributed by atoms with E-state index in [0.717, 1.165) is 5.75 Å². The summed E-state index contributed by atoms with van der Waals surface area (Å²) < 4.78 is 5.87. The van der Waals surface area contributed by atoms with Crippen molar-refractivity contribution in [3.8, 4) is 5.75 Å². The van der Waals surface area contributed by atoms with Crippen molar-refractivity contribution in [3.05, 3.63) is 29.8 Å². The van der Waals surface area contributed by atoms with Gasteiger partial charge in [0.05, 0.1) is 6.61 Å². The maximum Gasteiger partial charge on any atom is 0.137 e. The fraction of sp³-hybridized carbons (Fsp3) is 0.625. The van der Waals surface area contributed by atoms with Gasteiger partial charge in [-0.05, 0) is 29.0 Å². The smallest absolute Gasteiger partial charge is 0.137 e. The van der Waals surface area contributed by atoms with Crippen LogP contribution < -0.4 is 10.5 Å². The molecule has 1 aromatic carbocycles. The number of benzene rings is 1. The molecule has 2 atom stereocenters. The van der Waals surface area contributed by atoms with Crippen LogP contribution in [0.2, 0.25) is 0 Å². The molecule has 0 aliphatic carbocycles. The molecule has 0 radical (unpaired) electrons. The standard InChI is InChI=1S/C16H27NO2/c1-11(2)12-7-6-8-13(9-12)19-14(10-18)15(17)16(3,4)5/h6-9,11,14-15,18H,10,17H2,1-5H3. The molecule has 3 nitrogen and oxygen atoms in total. The van der Waals surface area contributed by atoms with E-state index in [2.05, 4.69) is 19.9 Å². The van der Waals surface area contributed by atoms with Crippen molar-refractivity contribution >= 4 is 0 Å². The molecule has 1 rings (SSSR count). The van der Waals surface area contributed by atoms with Crippen molar-refractivity contribution < 1.29 is 9.84 Å². The summed E-state index contributed by atoms with van der Waals surface area (Å²) in [6, 6.07) is 7.75. The highest BCUT2D eigenvalue weighted by Gasteiger charge is 2.30. The summed E-state index contributed by atoms with van der Waals surface area (Å²) in [7, 11) is 0. The van der Waals surface area contributed by atoms with E-state index < -0.39 is 0 Å². The second-order valence-corrected chi connectivity index (χ2v) is 6.46. The highest BCUT2D eigenvalue weighted by atomic mass is 16.5. The van der Waals surface area contributed by atoms with Gasteiger partial charge in [-0.15, -0.1) is 0 Å². The Morgan fingerprint density at radius 1 is 1.26 bits per heavy atom. The molecule has 108 valence electrons. The third kappa shape index (κ3) is 4.51. The van der Waals surface area contributed by atoms with E-state index in [1.807, 2.05) is 39.0 Å². The van der Waals surface area contributed by atoms with E-state index in [1.54, 1.807) is 0 Å². The van der Waals surface area contributed by atoms with E-state index in [1.165, 1.54) is 5.56 Å². The summed E-state index contributed by atoms with van der Waals surface area (Å²) in [5, 5.41) is 9.49. The molecular formula is C16H27NO2. The second kappa shape index (κ2) is 6.40. The van der Waals surface area contributed by atoms with Gasteiger partial charge in [0, 0.05) is 6.04 Å². The highest BCUT2D eigenvalue weighted by molar-refractivity contribution is 5.30. The minimum absolute atomic E-state index is 0.0790. The molecule has 0 amide bonds. The molecule has 0 aromatic heterocycles. The lowest BCUT2D eigenvalue weighted by molar-refractivity contribution is 0.0591. The number of hydrogen-bond donors (Lipinski definition) is 2. The molecule has 0 saturated heterocycles. The van der Waals surface area contributed by atoms with Gasteiger partial charge in [-0.3, -0.25) is 0 Å². The Labute approximate surface area is 116 Å². The second-order valence-electron chi connectivity index (χ2n) is 6.46. The zero-order valence-corrected chi connectivity index (χ0v) is 12.7. The summed E-state index contributed by atoms with van der Waals surface area (Å²) in [4.78, 5) is 0. The van der Waals surface area contributed by atoms with E-state index >= 15 is 0 Å². The molecular weight excluding hydrogens is 238 g/mol. The first-order chi connectivity index (χ1) is 8.75. The summed E-state index contributed by atoms with van der Waals surface area (Å²) >= 11 is 0. The van der Waals surface area contributed by atoms with E-state index in [-0.39, 0.29) is 24.2 Å². The fourth-order valence-corrected chi connectivity index (χ4v) is 1.90. The number of aliphatic hydroxyl groups is 1. The van der Waals surface area contributed by atoms with Crippen molar-refractivity contribution in [3.63, 3.8) is 0 Å². The normalized spacial score (nSPS) is 15.4. The molecule has 1 aromatic rings. The van der Waals surface area contributed by atoms with Crippen molar-refractivity contribution in [2.45, 2.75) is 52.7 Å². The van der Waals surface area contributed by atoms with Gasteiger partial charge in [-0.25, -0.2) is 0 Å². The molecule has 2 unspecified atom stereocenters. The average molecular weight is 265 g/mol. The Morgan fingerprint density at radius 2 is 1.89 bits per heavy atom. The Kier molecular flexibility index (Phi) is 5.39. The summed E-state index contributed by atoms with van der Waals surface area (Å²) in [5.74, 6) is 1.22. The van der Waals surface area contributed by atoms with Gasteiger partial charge in [0.1, 0.15) is 11.9 Å². The van der Waals surface area contributed by atoms with Gasteiger partial charge in [-0.1, -0.05) is 46.8 Å². The summed E-state index contributed by atoms with van der Waals surface area (Å²) in [5.41, 5.74) is 7.28. The zero-order chi connectivity index (χ0) is 14.6. The average Bonchev–Trinajstić information content (AvgIpc) is 2.34. The molecule has 19 heavy (non-hydrogen) atoms. The SMILES string of the molecule is CC(C)c1cccc(OC(CO)C(N)C(C)(C)C)c1. The van der Waals surface area contributed by atoms with Crippen LogP contribution in [0.3, 0.4) is 0 Å². The van der Waals surface area contributed by atoms with Crippen molar-refractivity contribution in [1.82, 2.24) is 0 Å². The van der Waals surface area contributed by atoms with Crippen LogP contribution in [0.4, 0.5) is 0 Å². The van der Waals surface area contributed by atoms with Gasteiger partial charge in [0.15, 0.2) is 0 Å². The first kappa shape index (κ1) is 16.0. The van der Waals surface area contributed by atoms with Crippen LogP contribution in [0.1, 0.15) is 46.1 Å². The Hall–Kier alpha value is -1.06. The molecule has 0 heterocycles. The third-order valence-electron chi connectivity index (χ3n) is 3.39. The molecule has 0 spiro atoms. The summed E-state index contributed by atoms with van der Waals surface area (Å²) in [6.07, 6.45) is -0.387. The lowest BCUT2D eigenvalue weighted by Crippen LogP contribution is -2.49. The predicted octanol–water partition coefficient (Wildman–Crippen LogP) is 2.92. The van der Waals surface area contributed by atoms with E-state index in [4.69, 9.17) is 10.5 Å². The summed E-state index contributed by atoms with van der Waals surface area (Å²) in [6.45, 7) is 10.4. The van der Waals surface area contributed by atoms with Crippen LogP contribution in [-0.2, 0) is 0 Å². The van der Waals surface area contributed by atoms with Gasteiger partial charge in [0.25, 0.3) is 0 Å². The van der Waals surface area contributed by atoms with Crippen LogP contribution >= 0.6 is 0 Å². The van der Waals surface area contributed by atoms with E-state index in [9.17, 15) is 5.11 Å². The maximum atomic E-state index is 9.49. The lowest BCUT2D eigenvalue weighted by atomic mass is 9.84. The highest BCUT2D eigenvalue weighted by Crippen LogP contribution is 2.25. The van der Waals surface area contributed by atoms with Gasteiger partial charge in [0.2, 0.25) is 0 Å². The quantitative estimate of drug-likeness (QED) is 0.860. The molecule has 3 heteroatoms. The Morgan fingerprint density at radius 3 is 2.37 bits per heavy atom.